The predicted molar refractivity (Wildman–Crippen MR) is 94.0 cm³/mol. The number of hydrogen-bond donors (Lipinski definition) is 0. The molecule has 0 aliphatic carbocycles. The Bertz CT molecular complexity index is 657. The summed E-state index contributed by atoms with van der Waals surface area (Å²) in [4.78, 5) is 14.3. The first-order valence-electron chi connectivity index (χ1n) is 8.20. The number of carbonyl (C=O) groups excluding carboxylic acids is 1. The van der Waals surface area contributed by atoms with Gasteiger partial charge < -0.3 is 4.90 Å². The molecule has 0 unspecified atom stereocenters. The molecular formula is C18H25NO4S. The van der Waals surface area contributed by atoms with Gasteiger partial charge in [0.1, 0.15) is 0 Å². The van der Waals surface area contributed by atoms with Crippen LogP contribution in [0.25, 0.3) is 0 Å². The van der Waals surface area contributed by atoms with Crippen LogP contribution in [0.1, 0.15) is 24.8 Å². The molecule has 1 heterocycles. The highest BCUT2D eigenvalue weighted by atomic mass is 32.2. The average Bonchev–Trinajstić information content (AvgIpc) is 2.83. The van der Waals surface area contributed by atoms with Crippen LogP contribution in [0.4, 0.5) is 0 Å². The number of amides is 1. The Hall–Kier alpha value is -1.66. The SMILES string of the molecule is C=CC[C@@H]1C[C@@H](COS(C)(=O)=O)N(CCCc2ccccc2)C1=O. The first-order valence-corrected chi connectivity index (χ1v) is 10.0. The molecule has 2 rings (SSSR count). The van der Waals surface area contributed by atoms with Gasteiger partial charge in [-0.3, -0.25) is 8.98 Å². The van der Waals surface area contributed by atoms with Crippen molar-refractivity contribution in [3.8, 4) is 0 Å². The number of aryl methyl sites for hydroxylation is 1. The smallest absolute Gasteiger partial charge is 0.264 e. The number of rotatable bonds is 9. The summed E-state index contributed by atoms with van der Waals surface area (Å²) in [6, 6.07) is 9.92. The lowest BCUT2D eigenvalue weighted by Gasteiger charge is -2.24. The van der Waals surface area contributed by atoms with Crippen molar-refractivity contribution in [2.75, 3.05) is 19.4 Å². The maximum atomic E-state index is 12.5. The van der Waals surface area contributed by atoms with Gasteiger partial charge >= 0.3 is 0 Å². The van der Waals surface area contributed by atoms with E-state index in [1.807, 2.05) is 18.2 Å². The van der Waals surface area contributed by atoms with Gasteiger partial charge in [0, 0.05) is 12.5 Å². The van der Waals surface area contributed by atoms with Crippen molar-refractivity contribution in [2.24, 2.45) is 5.92 Å². The standard InChI is InChI=1S/C18H25NO4S/c1-3-8-16-13-17(14-23-24(2,21)22)19(18(16)20)12-7-11-15-9-5-4-6-10-15/h3-6,9-10,16-17H,1,7-8,11-14H2,2H3/t16-,17+/m1/s1. The summed E-state index contributed by atoms with van der Waals surface area (Å²) in [5.74, 6) is -0.0440. The third kappa shape index (κ3) is 5.46. The lowest BCUT2D eigenvalue weighted by atomic mass is 10.0. The quantitative estimate of drug-likeness (QED) is 0.506. The summed E-state index contributed by atoms with van der Waals surface area (Å²) >= 11 is 0. The highest BCUT2D eigenvalue weighted by molar-refractivity contribution is 7.85. The predicted octanol–water partition coefficient (Wildman–Crippen LogP) is 2.39. The number of carbonyl (C=O) groups is 1. The summed E-state index contributed by atoms with van der Waals surface area (Å²) in [6.45, 7) is 4.34. The summed E-state index contributed by atoms with van der Waals surface area (Å²) in [5.41, 5.74) is 1.23. The Morgan fingerprint density at radius 1 is 1.33 bits per heavy atom. The molecule has 0 N–H and O–H groups in total. The minimum Gasteiger partial charge on any atom is -0.337 e. The molecule has 0 saturated carbocycles. The van der Waals surface area contributed by atoms with Gasteiger partial charge in [-0.15, -0.1) is 6.58 Å². The van der Waals surface area contributed by atoms with E-state index in [1.165, 1.54) is 5.56 Å². The minimum atomic E-state index is -3.50. The van der Waals surface area contributed by atoms with E-state index in [1.54, 1.807) is 11.0 Å². The lowest BCUT2D eigenvalue weighted by Crippen LogP contribution is -2.38. The Labute approximate surface area is 144 Å². The van der Waals surface area contributed by atoms with Gasteiger partial charge in [-0.1, -0.05) is 36.4 Å². The molecule has 1 amide bonds. The van der Waals surface area contributed by atoms with Crippen LogP contribution in [0.2, 0.25) is 0 Å². The molecule has 0 spiro atoms. The van der Waals surface area contributed by atoms with Crippen molar-refractivity contribution in [1.82, 2.24) is 4.90 Å². The van der Waals surface area contributed by atoms with Crippen LogP contribution >= 0.6 is 0 Å². The Morgan fingerprint density at radius 3 is 2.67 bits per heavy atom. The molecule has 5 nitrogen and oxygen atoms in total. The van der Waals surface area contributed by atoms with Crippen LogP contribution in [-0.2, 0) is 25.5 Å². The molecular weight excluding hydrogens is 326 g/mol. The Balaban J connectivity index is 1.95. The maximum absolute atomic E-state index is 12.5. The fraction of sp³-hybridized carbons (Fsp3) is 0.500. The van der Waals surface area contributed by atoms with Gasteiger partial charge in [0.05, 0.1) is 18.9 Å². The summed E-state index contributed by atoms with van der Waals surface area (Å²) in [5, 5.41) is 0. The van der Waals surface area contributed by atoms with E-state index in [-0.39, 0.29) is 24.5 Å². The van der Waals surface area contributed by atoms with Crippen LogP contribution in [0.3, 0.4) is 0 Å². The largest absolute Gasteiger partial charge is 0.337 e. The van der Waals surface area contributed by atoms with Crippen LogP contribution in [0.5, 0.6) is 0 Å². The second-order valence-electron chi connectivity index (χ2n) is 6.22. The molecule has 1 aromatic rings. The van der Waals surface area contributed by atoms with Gasteiger partial charge in [-0.05, 0) is 31.2 Å². The molecule has 2 atom stereocenters. The van der Waals surface area contributed by atoms with E-state index < -0.39 is 10.1 Å². The van der Waals surface area contributed by atoms with E-state index in [9.17, 15) is 13.2 Å². The first kappa shape index (κ1) is 18.7. The number of likely N-dealkylation sites (tertiary alicyclic amines) is 1. The second kappa shape index (κ2) is 8.44. The van der Waals surface area contributed by atoms with Crippen LogP contribution in [0, 0.1) is 5.92 Å². The topological polar surface area (TPSA) is 63.7 Å². The summed E-state index contributed by atoms with van der Waals surface area (Å²) in [6.07, 6.45) is 5.73. The normalized spacial score (nSPS) is 21.2. The van der Waals surface area contributed by atoms with Crippen molar-refractivity contribution >= 4 is 16.0 Å². The third-order valence-corrected chi connectivity index (χ3v) is 4.83. The number of nitrogens with zero attached hydrogens (tertiary/aromatic N) is 1. The van der Waals surface area contributed by atoms with E-state index in [2.05, 4.69) is 18.7 Å². The monoisotopic (exact) mass is 351 g/mol. The molecule has 1 aliphatic heterocycles. The van der Waals surface area contributed by atoms with Crippen molar-refractivity contribution in [3.05, 3.63) is 48.6 Å². The van der Waals surface area contributed by atoms with E-state index in [0.29, 0.717) is 19.4 Å². The fourth-order valence-electron chi connectivity index (χ4n) is 3.12. The molecule has 1 aliphatic rings. The number of benzene rings is 1. The molecule has 132 valence electrons. The Morgan fingerprint density at radius 2 is 2.04 bits per heavy atom. The van der Waals surface area contributed by atoms with Crippen molar-refractivity contribution < 1.29 is 17.4 Å². The molecule has 0 radical (unpaired) electrons. The zero-order chi connectivity index (χ0) is 17.6. The van der Waals surface area contributed by atoms with Crippen molar-refractivity contribution in [1.29, 1.82) is 0 Å². The molecule has 1 saturated heterocycles. The minimum absolute atomic E-state index is 0.0313. The molecule has 6 heteroatoms. The molecule has 0 bridgehead atoms. The maximum Gasteiger partial charge on any atom is 0.264 e. The van der Waals surface area contributed by atoms with Crippen molar-refractivity contribution in [3.63, 3.8) is 0 Å². The van der Waals surface area contributed by atoms with Crippen LogP contribution in [0.15, 0.2) is 43.0 Å². The Kier molecular flexibility index (Phi) is 6.57. The van der Waals surface area contributed by atoms with Gasteiger partial charge in [-0.25, -0.2) is 0 Å². The van der Waals surface area contributed by atoms with Crippen LogP contribution < -0.4 is 0 Å². The van der Waals surface area contributed by atoms with Gasteiger partial charge in [0.25, 0.3) is 10.1 Å². The van der Waals surface area contributed by atoms with Gasteiger partial charge in [0.15, 0.2) is 0 Å². The number of allylic oxidation sites excluding steroid dienone is 1. The second-order valence-corrected chi connectivity index (χ2v) is 7.86. The van der Waals surface area contributed by atoms with Gasteiger partial charge in [0.2, 0.25) is 5.91 Å². The number of hydrogen-bond acceptors (Lipinski definition) is 4. The van der Waals surface area contributed by atoms with Crippen molar-refractivity contribution in [2.45, 2.75) is 31.7 Å². The fourth-order valence-corrected chi connectivity index (χ4v) is 3.52. The van der Waals surface area contributed by atoms with E-state index in [0.717, 1.165) is 19.1 Å². The first-order chi connectivity index (χ1) is 11.4. The summed E-state index contributed by atoms with van der Waals surface area (Å²) < 4.78 is 27.4. The van der Waals surface area contributed by atoms with Crippen LogP contribution in [-0.4, -0.2) is 44.7 Å². The molecule has 1 aromatic carbocycles. The summed E-state index contributed by atoms with van der Waals surface area (Å²) in [7, 11) is -3.50. The lowest BCUT2D eigenvalue weighted by molar-refractivity contribution is -0.132. The molecule has 24 heavy (non-hydrogen) atoms. The zero-order valence-corrected chi connectivity index (χ0v) is 14.9. The zero-order valence-electron chi connectivity index (χ0n) is 14.1. The highest BCUT2D eigenvalue weighted by Crippen LogP contribution is 2.28. The van der Waals surface area contributed by atoms with E-state index in [4.69, 9.17) is 4.18 Å². The van der Waals surface area contributed by atoms with Gasteiger partial charge in [-0.2, -0.15) is 8.42 Å². The highest BCUT2D eigenvalue weighted by Gasteiger charge is 2.38. The third-order valence-electron chi connectivity index (χ3n) is 4.26. The molecule has 0 aromatic heterocycles. The molecule has 1 fully saturated rings. The van der Waals surface area contributed by atoms with E-state index >= 15 is 0 Å². The average molecular weight is 351 g/mol.